The van der Waals surface area contributed by atoms with Crippen molar-refractivity contribution in [1.29, 1.82) is 0 Å². The number of anilines is 1. The lowest BCUT2D eigenvalue weighted by Gasteiger charge is -2.43. The van der Waals surface area contributed by atoms with E-state index in [0.717, 1.165) is 6.54 Å². The minimum Gasteiger partial charge on any atom is -0.451 e. The predicted molar refractivity (Wildman–Crippen MR) is 152 cm³/mol. The summed E-state index contributed by atoms with van der Waals surface area (Å²) in [5.74, 6) is 0.0816. The van der Waals surface area contributed by atoms with Crippen molar-refractivity contribution in [2.45, 2.75) is 44.4 Å². The summed E-state index contributed by atoms with van der Waals surface area (Å²) in [7, 11) is 0. The van der Waals surface area contributed by atoms with E-state index in [4.69, 9.17) is 26.8 Å². The fourth-order valence-electron chi connectivity index (χ4n) is 5.72. The number of rotatable bonds is 7. The minimum absolute atomic E-state index is 0.0487. The van der Waals surface area contributed by atoms with Gasteiger partial charge in [-0.25, -0.2) is 0 Å². The molecule has 1 aromatic carbocycles. The van der Waals surface area contributed by atoms with E-state index in [0.29, 0.717) is 61.5 Å². The van der Waals surface area contributed by atoms with Crippen molar-refractivity contribution >= 4 is 29.1 Å². The van der Waals surface area contributed by atoms with Crippen molar-refractivity contribution in [3.05, 3.63) is 51.4 Å². The number of ether oxygens (including phenoxy) is 2. The molecule has 3 aliphatic heterocycles. The molecule has 2 aromatic rings. The second-order valence-electron chi connectivity index (χ2n) is 11.6. The van der Waals surface area contributed by atoms with E-state index in [-0.39, 0.29) is 35.8 Å². The van der Waals surface area contributed by atoms with Crippen molar-refractivity contribution < 1.29 is 19.1 Å². The van der Waals surface area contributed by atoms with Crippen LogP contribution in [0.5, 0.6) is 11.5 Å². The van der Waals surface area contributed by atoms with Gasteiger partial charge in [-0.3, -0.25) is 24.2 Å². The van der Waals surface area contributed by atoms with Gasteiger partial charge in [0.15, 0.2) is 5.75 Å². The first-order chi connectivity index (χ1) is 19.0. The number of halogens is 1. The van der Waals surface area contributed by atoms with Gasteiger partial charge in [0.25, 0.3) is 5.56 Å². The molecule has 3 aliphatic rings. The van der Waals surface area contributed by atoms with Gasteiger partial charge in [0.2, 0.25) is 11.8 Å². The van der Waals surface area contributed by atoms with Gasteiger partial charge in [-0.1, -0.05) is 25.4 Å². The van der Waals surface area contributed by atoms with E-state index in [2.05, 4.69) is 27.0 Å². The van der Waals surface area contributed by atoms with E-state index >= 15 is 0 Å². The third-order valence-electron chi connectivity index (χ3n) is 7.85. The van der Waals surface area contributed by atoms with E-state index in [1.165, 1.54) is 0 Å². The summed E-state index contributed by atoms with van der Waals surface area (Å²) < 4.78 is 11.4. The summed E-state index contributed by atoms with van der Waals surface area (Å²) >= 11 is 5.98. The highest BCUT2D eigenvalue weighted by Crippen LogP contribution is 2.40. The lowest BCUT2D eigenvalue weighted by Crippen LogP contribution is -2.62. The van der Waals surface area contributed by atoms with Crippen LogP contribution < -0.4 is 26.2 Å². The van der Waals surface area contributed by atoms with E-state index in [1.54, 1.807) is 35.2 Å². The Morgan fingerprint density at radius 2 is 1.98 bits per heavy atom. The van der Waals surface area contributed by atoms with Crippen molar-refractivity contribution in [1.82, 2.24) is 20.1 Å². The van der Waals surface area contributed by atoms with E-state index < -0.39 is 17.4 Å². The third-order valence-corrected chi connectivity index (χ3v) is 8.10. The Bertz CT molecular complexity index is 1320. The lowest BCUT2D eigenvalue weighted by atomic mass is 9.91. The molecule has 0 bridgehead atoms. The molecule has 11 nitrogen and oxygen atoms in total. The maximum absolute atomic E-state index is 13.9. The largest absolute Gasteiger partial charge is 0.451 e. The Hall–Kier alpha value is -2.96. The van der Waals surface area contributed by atoms with Crippen LogP contribution >= 0.6 is 11.6 Å². The first-order valence-electron chi connectivity index (χ1n) is 13.6. The Labute approximate surface area is 238 Å². The van der Waals surface area contributed by atoms with Crippen LogP contribution in [0.25, 0.3) is 0 Å². The summed E-state index contributed by atoms with van der Waals surface area (Å²) in [6, 6.07) is 8.71. The standard InChI is InChI=1S/C28H37ClN6O5/c1-17-12-34(19(11-31-17)13-33-8-9-39-23(14-33)26(30)37)15-24(36)35-16-28(2,3)25-21(35)10-22(27(38)32-25)40-20-6-4-18(29)5-7-20/h4-7,10,17,19,23,31H,8-9,11-16H2,1-3H3,(H2,30,37)(H,32,38)/t17-,19-,23?/m1/s1. The zero-order valence-electron chi connectivity index (χ0n) is 23.1. The van der Waals surface area contributed by atoms with Gasteiger partial charge < -0.3 is 30.4 Å². The van der Waals surface area contributed by atoms with E-state index in [1.807, 2.05) is 13.8 Å². The Kier molecular flexibility index (Phi) is 8.21. The van der Waals surface area contributed by atoms with Gasteiger partial charge in [0.1, 0.15) is 11.9 Å². The van der Waals surface area contributed by atoms with Crippen LogP contribution in [0, 0.1) is 0 Å². The quantitative estimate of drug-likeness (QED) is 0.452. The van der Waals surface area contributed by atoms with Gasteiger partial charge in [-0.2, -0.15) is 0 Å². The van der Waals surface area contributed by atoms with Crippen molar-refractivity contribution in [2.24, 2.45) is 5.73 Å². The fourth-order valence-corrected chi connectivity index (χ4v) is 5.85. The number of nitrogens with one attached hydrogen (secondary N) is 2. The molecule has 4 heterocycles. The molecule has 4 N–H and O–H groups in total. The molecule has 0 aliphatic carbocycles. The first kappa shape index (κ1) is 28.6. The highest BCUT2D eigenvalue weighted by molar-refractivity contribution is 6.30. The number of nitrogens with zero attached hydrogens (tertiary/aromatic N) is 3. The van der Waals surface area contributed by atoms with Crippen molar-refractivity contribution in [3.8, 4) is 11.5 Å². The number of primary amides is 1. The molecular formula is C28H37ClN6O5. The van der Waals surface area contributed by atoms with Crippen LogP contribution in [0.1, 0.15) is 26.5 Å². The molecule has 0 spiro atoms. The Morgan fingerprint density at radius 1 is 1.23 bits per heavy atom. The van der Waals surface area contributed by atoms with Crippen molar-refractivity contribution in [3.63, 3.8) is 0 Å². The van der Waals surface area contributed by atoms with Crippen LogP contribution in [-0.2, 0) is 19.7 Å². The van der Waals surface area contributed by atoms with Crippen LogP contribution in [-0.4, -0.2) is 97.2 Å². The summed E-state index contributed by atoms with van der Waals surface area (Å²) in [5, 5.41) is 4.08. The average Bonchev–Trinajstić information content (AvgIpc) is 3.17. The topological polar surface area (TPSA) is 133 Å². The number of fused-ring (bicyclic) bond motifs is 1. The van der Waals surface area contributed by atoms with Gasteiger partial charge in [0.05, 0.1) is 18.8 Å². The number of H-pyrrole nitrogens is 1. The molecular weight excluding hydrogens is 536 g/mol. The van der Waals surface area contributed by atoms with Gasteiger partial charge in [0, 0.05) is 73.6 Å². The average molecular weight is 573 g/mol. The number of amides is 2. The molecule has 0 saturated carbocycles. The van der Waals surface area contributed by atoms with Gasteiger partial charge in [-0.05, 0) is 31.2 Å². The molecule has 2 fully saturated rings. The fraction of sp³-hybridized carbons (Fsp3) is 0.536. The number of aromatic amines is 1. The second-order valence-corrected chi connectivity index (χ2v) is 12.0. The highest BCUT2D eigenvalue weighted by atomic mass is 35.5. The molecule has 2 saturated heterocycles. The molecule has 1 aromatic heterocycles. The second kappa shape index (κ2) is 11.5. The number of nitrogens with two attached hydrogens (primary N) is 1. The molecule has 1 unspecified atom stereocenters. The number of hydrogen-bond donors (Lipinski definition) is 3. The number of carbonyl (C=O) groups is 2. The van der Waals surface area contributed by atoms with Gasteiger partial charge >= 0.3 is 0 Å². The number of carbonyl (C=O) groups excluding carboxylic acids is 2. The molecule has 5 rings (SSSR count). The highest BCUT2D eigenvalue weighted by Gasteiger charge is 2.41. The number of piperazine rings is 1. The van der Waals surface area contributed by atoms with Crippen molar-refractivity contribution in [2.75, 3.05) is 57.3 Å². The number of morpholine rings is 1. The first-order valence-corrected chi connectivity index (χ1v) is 14.0. The number of pyridine rings is 1. The monoisotopic (exact) mass is 572 g/mol. The Balaban J connectivity index is 1.34. The normalized spacial score (nSPS) is 25.0. The SMILES string of the molecule is C[C@@H]1CN(CC(=O)N2CC(C)(C)c3[nH]c(=O)c(Oc4ccc(Cl)cc4)cc32)[C@@H](CN2CCOC(C(N)=O)C2)CN1. The minimum atomic E-state index is -0.617. The molecule has 40 heavy (non-hydrogen) atoms. The Morgan fingerprint density at radius 3 is 2.70 bits per heavy atom. The van der Waals surface area contributed by atoms with Gasteiger partial charge in [-0.15, -0.1) is 0 Å². The third kappa shape index (κ3) is 6.18. The maximum atomic E-state index is 13.9. The van der Waals surface area contributed by atoms with Crippen LogP contribution in [0.15, 0.2) is 35.1 Å². The zero-order valence-corrected chi connectivity index (χ0v) is 23.9. The summed E-state index contributed by atoms with van der Waals surface area (Å²) in [4.78, 5) is 47.5. The maximum Gasteiger partial charge on any atom is 0.291 e. The summed E-state index contributed by atoms with van der Waals surface area (Å²) in [6.07, 6.45) is -0.617. The van der Waals surface area contributed by atoms with Crippen LogP contribution in [0.2, 0.25) is 5.02 Å². The molecule has 216 valence electrons. The number of aromatic nitrogens is 1. The predicted octanol–water partition coefficient (Wildman–Crippen LogP) is 1.29. The summed E-state index contributed by atoms with van der Waals surface area (Å²) in [6.45, 7) is 10.5. The number of hydrogen-bond acceptors (Lipinski definition) is 8. The lowest BCUT2D eigenvalue weighted by molar-refractivity contribution is -0.135. The van der Waals surface area contributed by atoms with Crippen LogP contribution in [0.4, 0.5) is 5.69 Å². The molecule has 2 amide bonds. The molecule has 3 atom stereocenters. The zero-order chi connectivity index (χ0) is 28.6. The smallest absolute Gasteiger partial charge is 0.291 e. The molecule has 12 heteroatoms. The van der Waals surface area contributed by atoms with E-state index in [9.17, 15) is 14.4 Å². The van der Waals surface area contributed by atoms with Crippen LogP contribution in [0.3, 0.4) is 0 Å². The summed E-state index contributed by atoms with van der Waals surface area (Å²) in [5.41, 5.74) is 6.05. The molecule has 0 radical (unpaired) electrons. The number of benzene rings is 1.